The van der Waals surface area contributed by atoms with Crippen molar-refractivity contribution in [2.45, 2.75) is 26.0 Å². The number of aliphatic hydroxyl groups is 1. The molecule has 1 aromatic heterocycles. The summed E-state index contributed by atoms with van der Waals surface area (Å²) in [7, 11) is 4.03. The average molecular weight is 198 g/mol. The van der Waals surface area contributed by atoms with Gasteiger partial charge in [-0.2, -0.15) is 0 Å². The van der Waals surface area contributed by atoms with Crippen LogP contribution in [0.2, 0.25) is 0 Å². The van der Waals surface area contributed by atoms with E-state index < -0.39 is 6.10 Å². The highest BCUT2D eigenvalue weighted by Gasteiger charge is 2.09. The second-order valence-electron chi connectivity index (χ2n) is 3.63. The molecule has 0 saturated heterocycles. The lowest BCUT2D eigenvalue weighted by Gasteiger charge is -2.08. The molecule has 1 aromatic rings. The average Bonchev–Trinajstić information content (AvgIpc) is 2.62. The van der Waals surface area contributed by atoms with Crippen LogP contribution in [0.25, 0.3) is 0 Å². The Balaban J connectivity index is 2.50. The van der Waals surface area contributed by atoms with Gasteiger partial charge >= 0.3 is 0 Å². The molecule has 1 atom stereocenters. The van der Waals surface area contributed by atoms with Gasteiger partial charge in [-0.3, -0.25) is 4.68 Å². The predicted octanol–water partition coefficient (Wildman–Crippen LogP) is 0.283. The molecule has 5 heteroatoms. The van der Waals surface area contributed by atoms with Gasteiger partial charge in [0, 0.05) is 6.54 Å². The molecule has 0 aliphatic carbocycles. The van der Waals surface area contributed by atoms with E-state index in [0.717, 1.165) is 13.1 Å². The van der Waals surface area contributed by atoms with Crippen molar-refractivity contribution in [1.29, 1.82) is 0 Å². The van der Waals surface area contributed by atoms with Crippen LogP contribution in [0.15, 0.2) is 6.20 Å². The molecule has 1 heterocycles. The van der Waals surface area contributed by atoms with Crippen LogP contribution in [0.3, 0.4) is 0 Å². The van der Waals surface area contributed by atoms with E-state index in [9.17, 15) is 5.11 Å². The molecule has 0 bridgehead atoms. The number of likely N-dealkylation sites (N-methyl/N-ethyl adjacent to an activating group) is 1. The van der Waals surface area contributed by atoms with Gasteiger partial charge in [-0.15, -0.1) is 5.10 Å². The molecule has 0 fully saturated rings. The van der Waals surface area contributed by atoms with E-state index in [1.807, 2.05) is 21.0 Å². The van der Waals surface area contributed by atoms with Gasteiger partial charge in [-0.25, -0.2) is 0 Å². The standard InChI is InChI=1S/C9H18N4O/c1-4-9(14)8-7-13(11-10-8)6-5-12(2)3/h7,9,14H,4-6H2,1-3H3. The summed E-state index contributed by atoms with van der Waals surface area (Å²) in [6.07, 6.45) is 1.99. The molecule has 0 radical (unpaired) electrons. The molecule has 0 aliphatic heterocycles. The maximum atomic E-state index is 9.49. The Morgan fingerprint density at radius 1 is 1.57 bits per heavy atom. The summed E-state index contributed by atoms with van der Waals surface area (Å²) in [6, 6.07) is 0. The topological polar surface area (TPSA) is 54.2 Å². The molecule has 0 spiro atoms. The van der Waals surface area contributed by atoms with Gasteiger partial charge in [0.2, 0.25) is 0 Å². The smallest absolute Gasteiger partial charge is 0.111 e. The summed E-state index contributed by atoms with van der Waals surface area (Å²) in [5.74, 6) is 0. The summed E-state index contributed by atoms with van der Waals surface area (Å²) in [4.78, 5) is 2.08. The molecular formula is C9H18N4O. The Morgan fingerprint density at radius 2 is 2.29 bits per heavy atom. The van der Waals surface area contributed by atoms with Crippen LogP contribution in [0.1, 0.15) is 25.1 Å². The molecule has 1 N–H and O–H groups in total. The Labute approximate surface area is 84.3 Å². The monoisotopic (exact) mass is 198 g/mol. The highest BCUT2D eigenvalue weighted by molar-refractivity contribution is 4.96. The van der Waals surface area contributed by atoms with Crippen molar-refractivity contribution in [3.8, 4) is 0 Å². The van der Waals surface area contributed by atoms with Crippen molar-refractivity contribution in [1.82, 2.24) is 19.9 Å². The van der Waals surface area contributed by atoms with Crippen LogP contribution in [0.4, 0.5) is 0 Å². The lowest BCUT2D eigenvalue weighted by molar-refractivity contribution is 0.168. The summed E-state index contributed by atoms with van der Waals surface area (Å²) < 4.78 is 1.76. The van der Waals surface area contributed by atoms with E-state index >= 15 is 0 Å². The van der Waals surface area contributed by atoms with Crippen molar-refractivity contribution in [3.63, 3.8) is 0 Å². The highest BCUT2D eigenvalue weighted by Crippen LogP contribution is 2.11. The molecule has 5 nitrogen and oxygen atoms in total. The summed E-state index contributed by atoms with van der Waals surface area (Å²) in [5.41, 5.74) is 0.659. The normalized spacial score (nSPS) is 13.5. The van der Waals surface area contributed by atoms with Gasteiger partial charge in [-0.1, -0.05) is 12.1 Å². The van der Waals surface area contributed by atoms with Crippen LogP contribution in [0, 0.1) is 0 Å². The third kappa shape index (κ3) is 3.08. The molecule has 0 aliphatic rings. The molecule has 14 heavy (non-hydrogen) atoms. The largest absolute Gasteiger partial charge is 0.387 e. The Bertz CT molecular complexity index is 272. The summed E-state index contributed by atoms with van der Waals surface area (Å²) in [5, 5.41) is 17.3. The Kier molecular flexibility index (Phi) is 4.03. The number of aliphatic hydroxyl groups excluding tert-OH is 1. The molecule has 80 valence electrons. The van der Waals surface area contributed by atoms with Crippen LogP contribution in [0.5, 0.6) is 0 Å². The molecule has 0 aromatic carbocycles. The van der Waals surface area contributed by atoms with Crippen molar-refractivity contribution in [2.75, 3.05) is 20.6 Å². The van der Waals surface area contributed by atoms with Gasteiger partial charge < -0.3 is 10.0 Å². The van der Waals surface area contributed by atoms with Crippen LogP contribution < -0.4 is 0 Å². The fraction of sp³-hybridized carbons (Fsp3) is 0.778. The lowest BCUT2D eigenvalue weighted by Crippen LogP contribution is -2.18. The zero-order valence-corrected chi connectivity index (χ0v) is 9.01. The van der Waals surface area contributed by atoms with E-state index in [4.69, 9.17) is 0 Å². The van der Waals surface area contributed by atoms with Crippen molar-refractivity contribution < 1.29 is 5.11 Å². The van der Waals surface area contributed by atoms with Gasteiger partial charge in [0.25, 0.3) is 0 Å². The summed E-state index contributed by atoms with van der Waals surface area (Å²) in [6.45, 7) is 3.64. The van der Waals surface area contributed by atoms with E-state index in [0.29, 0.717) is 12.1 Å². The third-order valence-electron chi connectivity index (χ3n) is 2.06. The maximum Gasteiger partial charge on any atom is 0.111 e. The zero-order valence-electron chi connectivity index (χ0n) is 9.01. The minimum absolute atomic E-state index is 0.483. The predicted molar refractivity (Wildman–Crippen MR) is 53.8 cm³/mol. The highest BCUT2D eigenvalue weighted by atomic mass is 16.3. The first kappa shape index (κ1) is 11.1. The minimum Gasteiger partial charge on any atom is -0.387 e. The number of rotatable bonds is 5. The molecular weight excluding hydrogens is 180 g/mol. The van der Waals surface area contributed by atoms with Crippen LogP contribution in [-0.2, 0) is 6.54 Å². The molecule has 0 saturated carbocycles. The second-order valence-corrected chi connectivity index (χ2v) is 3.63. The SMILES string of the molecule is CCC(O)c1cn(CCN(C)C)nn1. The summed E-state index contributed by atoms with van der Waals surface area (Å²) >= 11 is 0. The Hall–Kier alpha value is -0.940. The number of aromatic nitrogens is 3. The lowest BCUT2D eigenvalue weighted by atomic mass is 10.2. The van der Waals surface area contributed by atoms with Crippen LogP contribution in [-0.4, -0.2) is 45.6 Å². The van der Waals surface area contributed by atoms with Crippen molar-refractivity contribution in [3.05, 3.63) is 11.9 Å². The first-order valence-corrected chi connectivity index (χ1v) is 4.86. The molecule has 1 rings (SSSR count). The zero-order chi connectivity index (χ0) is 10.6. The van der Waals surface area contributed by atoms with E-state index in [1.54, 1.807) is 10.9 Å². The van der Waals surface area contributed by atoms with E-state index in [1.165, 1.54) is 0 Å². The van der Waals surface area contributed by atoms with E-state index in [2.05, 4.69) is 15.2 Å². The van der Waals surface area contributed by atoms with Crippen LogP contribution >= 0.6 is 0 Å². The second kappa shape index (κ2) is 5.07. The maximum absolute atomic E-state index is 9.49. The minimum atomic E-state index is -0.483. The number of hydrogen-bond donors (Lipinski definition) is 1. The fourth-order valence-electron chi connectivity index (χ4n) is 1.09. The fourth-order valence-corrected chi connectivity index (χ4v) is 1.09. The first-order chi connectivity index (χ1) is 6.63. The van der Waals surface area contributed by atoms with E-state index in [-0.39, 0.29) is 0 Å². The van der Waals surface area contributed by atoms with Gasteiger partial charge in [-0.05, 0) is 20.5 Å². The number of hydrogen-bond acceptors (Lipinski definition) is 4. The quantitative estimate of drug-likeness (QED) is 0.738. The van der Waals surface area contributed by atoms with Gasteiger partial charge in [0.15, 0.2) is 0 Å². The van der Waals surface area contributed by atoms with Crippen molar-refractivity contribution >= 4 is 0 Å². The Morgan fingerprint density at radius 3 is 2.86 bits per heavy atom. The molecule has 1 unspecified atom stereocenters. The third-order valence-corrected chi connectivity index (χ3v) is 2.06. The van der Waals surface area contributed by atoms with Gasteiger partial charge in [0.1, 0.15) is 5.69 Å². The number of nitrogens with zero attached hydrogens (tertiary/aromatic N) is 4. The molecule has 0 amide bonds. The van der Waals surface area contributed by atoms with Crippen molar-refractivity contribution in [2.24, 2.45) is 0 Å². The van der Waals surface area contributed by atoms with Gasteiger partial charge in [0.05, 0.1) is 18.8 Å². The first-order valence-electron chi connectivity index (χ1n) is 4.86.